The van der Waals surface area contributed by atoms with Gasteiger partial charge in [0.05, 0.1) is 5.60 Å². The Morgan fingerprint density at radius 2 is 1.96 bits per heavy atom. The van der Waals surface area contributed by atoms with Crippen LogP contribution in [-0.2, 0) is 19.2 Å². The first kappa shape index (κ1) is 17.3. The van der Waals surface area contributed by atoms with E-state index in [2.05, 4.69) is 41.5 Å². The molecule has 1 aliphatic rings. The average molecular weight is 349 g/mol. The lowest BCUT2D eigenvalue weighted by molar-refractivity contribution is 0.0335. The highest BCUT2D eigenvalue weighted by Crippen LogP contribution is 2.40. The fraction of sp³-hybridized carbons (Fsp3) is 0.409. The highest BCUT2D eigenvalue weighted by Gasteiger charge is 2.35. The van der Waals surface area contributed by atoms with Gasteiger partial charge in [0.1, 0.15) is 5.65 Å². The second kappa shape index (κ2) is 6.22. The molecule has 0 radical (unpaired) electrons. The summed E-state index contributed by atoms with van der Waals surface area (Å²) in [5, 5.41) is 12.5. The largest absolute Gasteiger partial charge is 0.385 e. The molecule has 2 atom stereocenters. The minimum Gasteiger partial charge on any atom is -0.385 e. The van der Waals surface area contributed by atoms with Crippen LogP contribution in [0.1, 0.15) is 41.6 Å². The number of nitrogens with zero attached hydrogens (tertiary/aromatic N) is 3. The van der Waals surface area contributed by atoms with Crippen LogP contribution in [-0.4, -0.2) is 33.1 Å². The molecule has 0 saturated heterocycles. The van der Waals surface area contributed by atoms with Crippen LogP contribution in [0.15, 0.2) is 42.6 Å². The SMILES string of the molecule is Cc1cnc2c(c1)c1c(n2C)C(CC(C)(O)c2ccccc2)CN(C)C1. The van der Waals surface area contributed by atoms with E-state index in [9.17, 15) is 5.11 Å². The first-order valence-electron chi connectivity index (χ1n) is 9.27. The summed E-state index contributed by atoms with van der Waals surface area (Å²) < 4.78 is 2.24. The van der Waals surface area contributed by atoms with Crippen LogP contribution < -0.4 is 0 Å². The number of likely N-dealkylation sites (N-methyl/N-ethyl adjacent to an activating group) is 1. The maximum Gasteiger partial charge on any atom is 0.140 e. The summed E-state index contributed by atoms with van der Waals surface area (Å²) in [6.45, 7) is 5.90. The van der Waals surface area contributed by atoms with Crippen molar-refractivity contribution in [3.63, 3.8) is 0 Å². The van der Waals surface area contributed by atoms with E-state index in [1.807, 2.05) is 43.5 Å². The zero-order valence-electron chi connectivity index (χ0n) is 16.0. The Hall–Kier alpha value is -2.17. The number of hydrogen-bond acceptors (Lipinski definition) is 3. The highest BCUT2D eigenvalue weighted by atomic mass is 16.3. The van der Waals surface area contributed by atoms with Crippen molar-refractivity contribution in [3.05, 3.63) is 65.0 Å². The van der Waals surface area contributed by atoms with Crippen LogP contribution in [0.2, 0.25) is 0 Å². The van der Waals surface area contributed by atoms with Crippen molar-refractivity contribution in [2.45, 2.75) is 38.3 Å². The Morgan fingerprint density at radius 1 is 1.23 bits per heavy atom. The normalized spacial score (nSPS) is 20.1. The third-order valence-electron chi connectivity index (χ3n) is 5.70. The molecule has 0 fully saturated rings. The zero-order valence-corrected chi connectivity index (χ0v) is 16.0. The van der Waals surface area contributed by atoms with Crippen LogP contribution in [0.4, 0.5) is 0 Å². The van der Waals surface area contributed by atoms with E-state index >= 15 is 0 Å². The van der Waals surface area contributed by atoms with E-state index in [-0.39, 0.29) is 5.92 Å². The molecule has 0 amide bonds. The minimum atomic E-state index is -0.860. The lowest BCUT2D eigenvalue weighted by Gasteiger charge is -2.36. The van der Waals surface area contributed by atoms with Gasteiger partial charge < -0.3 is 14.6 Å². The number of benzene rings is 1. The van der Waals surface area contributed by atoms with Gasteiger partial charge in [-0.1, -0.05) is 30.3 Å². The topological polar surface area (TPSA) is 41.3 Å². The molecule has 0 spiro atoms. The maximum absolute atomic E-state index is 11.2. The third-order valence-corrected chi connectivity index (χ3v) is 5.70. The van der Waals surface area contributed by atoms with Gasteiger partial charge in [-0.15, -0.1) is 0 Å². The van der Waals surface area contributed by atoms with Gasteiger partial charge in [0.15, 0.2) is 0 Å². The van der Waals surface area contributed by atoms with E-state index in [0.717, 1.165) is 24.3 Å². The predicted octanol–water partition coefficient (Wildman–Crippen LogP) is 3.71. The van der Waals surface area contributed by atoms with Crippen molar-refractivity contribution in [2.75, 3.05) is 13.6 Å². The van der Waals surface area contributed by atoms with E-state index < -0.39 is 5.60 Å². The Morgan fingerprint density at radius 3 is 2.69 bits per heavy atom. The van der Waals surface area contributed by atoms with Crippen molar-refractivity contribution in [3.8, 4) is 0 Å². The molecule has 0 saturated carbocycles. The van der Waals surface area contributed by atoms with Gasteiger partial charge in [-0.25, -0.2) is 4.98 Å². The van der Waals surface area contributed by atoms with Gasteiger partial charge >= 0.3 is 0 Å². The molecule has 1 aliphatic heterocycles. The van der Waals surface area contributed by atoms with Crippen molar-refractivity contribution in [1.82, 2.24) is 14.5 Å². The third kappa shape index (κ3) is 2.83. The molecular formula is C22H27N3O. The predicted molar refractivity (Wildman–Crippen MR) is 105 cm³/mol. The summed E-state index contributed by atoms with van der Waals surface area (Å²) >= 11 is 0. The summed E-state index contributed by atoms with van der Waals surface area (Å²) in [5.74, 6) is 0.262. The Labute approximate surface area is 155 Å². The zero-order chi connectivity index (χ0) is 18.5. The van der Waals surface area contributed by atoms with Crippen LogP contribution in [0.3, 0.4) is 0 Å². The summed E-state index contributed by atoms with van der Waals surface area (Å²) in [5.41, 5.74) is 5.03. The van der Waals surface area contributed by atoms with Gasteiger partial charge in [-0.3, -0.25) is 0 Å². The van der Waals surface area contributed by atoms with Gasteiger partial charge in [-0.05, 0) is 50.1 Å². The molecule has 26 heavy (non-hydrogen) atoms. The summed E-state index contributed by atoms with van der Waals surface area (Å²) in [7, 11) is 4.27. The first-order valence-corrected chi connectivity index (χ1v) is 9.27. The molecule has 0 aliphatic carbocycles. The molecule has 0 bridgehead atoms. The summed E-state index contributed by atoms with van der Waals surface area (Å²) in [6, 6.07) is 12.2. The number of pyridine rings is 1. The van der Waals surface area contributed by atoms with E-state index in [0.29, 0.717) is 6.42 Å². The first-order chi connectivity index (χ1) is 12.4. The van der Waals surface area contributed by atoms with E-state index in [4.69, 9.17) is 0 Å². The fourth-order valence-corrected chi connectivity index (χ4v) is 4.55. The number of fused-ring (bicyclic) bond motifs is 3. The number of aryl methyl sites for hydroxylation is 2. The lowest BCUT2D eigenvalue weighted by atomic mass is 9.82. The minimum absolute atomic E-state index is 0.262. The Balaban J connectivity index is 1.79. The maximum atomic E-state index is 11.2. The monoisotopic (exact) mass is 349 g/mol. The van der Waals surface area contributed by atoms with E-state index in [1.165, 1.54) is 22.2 Å². The molecule has 1 aromatic carbocycles. The van der Waals surface area contributed by atoms with Gasteiger partial charge in [0.2, 0.25) is 0 Å². The molecule has 4 nitrogen and oxygen atoms in total. The molecular weight excluding hydrogens is 322 g/mol. The van der Waals surface area contributed by atoms with Crippen LogP contribution in [0.25, 0.3) is 11.0 Å². The van der Waals surface area contributed by atoms with Crippen LogP contribution in [0.5, 0.6) is 0 Å². The van der Waals surface area contributed by atoms with Crippen molar-refractivity contribution in [2.24, 2.45) is 7.05 Å². The lowest BCUT2D eigenvalue weighted by Crippen LogP contribution is -2.35. The number of rotatable bonds is 3. The second-order valence-corrected chi connectivity index (χ2v) is 8.04. The summed E-state index contributed by atoms with van der Waals surface area (Å²) in [6.07, 6.45) is 2.63. The number of hydrogen-bond donors (Lipinski definition) is 1. The van der Waals surface area contributed by atoms with Crippen LogP contribution >= 0.6 is 0 Å². The highest BCUT2D eigenvalue weighted by molar-refractivity contribution is 5.83. The number of aromatic nitrogens is 2. The standard InChI is InChI=1S/C22H27N3O/c1-15-10-18-19-14-24(3)13-16(20(19)25(4)21(18)23-12-15)11-22(2,26)17-8-6-5-7-9-17/h5-10,12,16,26H,11,13-14H2,1-4H3. The van der Waals surface area contributed by atoms with Gasteiger partial charge in [-0.2, -0.15) is 0 Å². The molecule has 4 heteroatoms. The second-order valence-electron chi connectivity index (χ2n) is 8.04. The van der Waals surface area contributed by atoms with Crippen LogP contribution in [0, 0.1) is 6.92 Å². The van der Waals surface area contributed by atoms with Crippen molar-refractivity contribution < 1.29 is 5.11 Å². The molecule has 1 N–H and O–H groups in total. The molecule has 3 aromatic rings. The molecule has 2 unspecified atom stereocenters. The van der Waals surface area contributed by atoms with Crippen molar-refractivity contribution in [1.29, 1.82) is 0 Å². The molecule has 4 rings (SSSR count). The Kier molecular flexibility index (Phi) is 4.13. The quantitative estimate of drug-likeness (QED) is 0.784. The molecule has 136 valence electrons. The smallest absolute Gasteiger partial charge is 0.140 e. The van der Waals surface area contributed by atoms with Crippen molar-refractivity contribution >= 4 is 11.0 Å². The fourth-order valence-electron chi connectivity index (χ4n) is 4.55. The van der Waals surface area contributed by atoms with Gasteiger partial charge in [0, 0.05) is 43.3 Å². The average Bonchev–Trinajstić information content (AvgIpc) is 2.87. The molecule has 3 heterocycles. The summed E-state index contributed by atoms with van der Waals surface area (Å²) in [4.78, 5) is 7.04. The Bertz CT molecular complexity index is 943. The van der Waals surface area contributed by atoms with Gasteiger partial charge in [0.25, 0.3) is 0 Å². The van der Waals surface area contributed by atoms with E-state index in [1.54, 1.807) is 0 Å². The number of aliphatic hydroxyl groups is 1. The molecule has 2 aromatic heterocycles.